The zero-order chi connectivity index (χ0) is 12.3. The molecule has 6 nitrogen and oxygen atoms in total. The third-order valence-electron chi connectivity index (χ3n) is 2.18. The number of aromatic nitrogens is 4. The molecule has 0 aromatic carbocycles. The van der Waals surface area contributed by atoms with E-state index in [-0.39, 0.29) is 11.9 Å². The van der Waals surface area contributed by atoms with Crippen molar-refractivity contribution in [1.29, 1.82) is 0 Å². The second-order valence-corrected chi connectivity index (χ2v) is 3.82. The molecule has 2 rings (SSSR count). The average molecular weight is 252 g/mol. The van der Waals surface area contributed by atoms with E-state index in [0.29, 0.717) is 16.5 Å². The van der Waals surface area contributed by atoms with Crippen molar-refractivity contribution < 1.29 is 4.79 Å². The fraction of sp³-hybridized carbons (Fsp3) is 0.200. The maximum atomic E-state index is 11.8. The van der Waals surface area contributed by atoms with Gasteiger partial charge in [0.15, 0.2) is 0 Å². The number of halogens is 1. The van der Waals surface area contributed by atoms with Gasteiger partial charge in [-0.2, -0.15) is 5.10 Å². The van der Waals surface area contributed by atoms with Gasteiger partial charge in [-0.05, 0) is 19.1 Å². The van der Waals surface area contributed by atoms with E-state index in [9.17, 15) is 4.79 Å². The average Bonchev–Trinajstić information content (AvgIpc) is 2.83. The van der Waals surface area contributed by atoms with Gasteiger partial charge in [0.05, 0.1) is 11.6 Å². The predicted molar refractivity (Wildman–Crippen MR) is 61.5 cm³/mol. The van der Waals surface area contributed by atoms with E-state index >= 15 is 0 Å². The number of hydrogen-bond acceptors (Lipinski definition) is 4. The molecule has 1 unspecified atom stereocenters. The standard InChI is InChI=1S/C10H10ClN5O/c1-6(9-13-5-14-16-9)15-10(17)7-2-3-8(11)12-4-7/h2-6H,1H3,(H,15,17)(H,13,14,16). The van der Waals surface area contributed by atoms with Gasteiger partial charge < -0.3 is 5.32 Å². The summed E-state index contributed by atoms with van der Waals surface area (Å²) in [7, 11) is 0. The fourth-order valence-corrected chi connectivity index (χ4v) is 1.39. The molecule has 17 heavy (non-hydrogen) atoms. The Morgan fingerprint density at radius 3 is 2.88 bits per heavy atom. The first-order chi connectivity index (χ1) is 8.16. The van der Waals surface area contributed by atoms with Gasteiger partial charge in [0.2, 0.25) is 0 Å². The van der Waals surface area contributed by atoms with E-state index in [1.165, 1.54) is 12.5 Å². The van der Waals surface area contributed by atoms with E-state index in [1.54, 1.807) is 12.1 Å². The van der Waals surface area contributed by atoms with Gasteiger partial charge in [-0.1, -0.05) is 11.6 Å². The molecule has 2 N–H and O–H groups in total. The van der Waals surface area contributed by atoms with E-state index in [4.69, 9.17) is 11.6 Å². The summed E-state index contributed by atoms with van der Waals surface area (Å²) >= 11 is 5.64. The summed E-state index contributed by atoms with van der Waals surface area (Å²) in [4.78, 5) is 19.6. The van der Waals surface area contributed by atoms with Crippen molar-refractivity contribution in [3.63, 3.8) is 0 Å². The Hall–Kier alpha value is -1.95. The fourth-order valence-electron chi connectivity index (χ4n) is 1.28. The van der Waals surface area contributed by atoms with Crippen LogP contribution in [0, 0.1) is 0 Å². The van der Waals surface area contributed by atoms with Crippen molar-refractivity contribution in [3.05, 3.63) is 41.2 Å². The molecule has 0 saturated carbocycles. The predicted octanol–water partition coefficient (Wildman–Crippen LogP) is 1.34. The Labute approximate surface area is 102 Å². The third-order valence-corrected chi connectivity index (χ3v) is 2.40. The summed E-state index contributed by atoms with van der Waals surface area (Å²) in [6.07, 6.45) is 2.81. The van der Waals surface area contributed by atoms with Crippen LogP contribution in [0.3, 0.4) is 0 Å². The van der Waals surface area contributed by atoms with Gasteiger partial charge >= 0.3 is 0 Å². The first kappa shape index (κ1) is 11.5. The molecule has 0 fully saturated rings. The van der Waals surface area contributed by atoms with Gasteiger partial charge in [0.1, 0.15) is 17.3 Å². The second kappa shape index (κ2) is 4.92. The minimum Gasteiger partial charge on any atom is -0.342 e. The van der Waals surface area contributed by atoms with Crippen molar-refractivity contribution in [2.24, 2.45) is 0 Å². The molecule has 0 bridgehead atoms. The molecule has 1 atom stereocenters. The topological polar surface area (TPSA) is 83.6 Å². The molecule has 0 radical (unpaired) electrons. The van der Waals surface area contributed by atoms with Crippen LogP contribution in [-0.4, -0.2) is 26.1 Å². The van der Waals surface area contributed by atoms with E-state index in [2.05, 4.69) is 25.5 Å². The van der Waals surface area contributed by atoms with Crippen LogP contribution in [0.4, 0.5) is 0 Å². The molecule has 0 aliphatic carbocycles. The summed E-state index contributed by atoms with van der Waals surface area (Å²) in [5.41, 5.74) is 0.445. The molecule has 7 heteroatoms. The van der Waals surface area contributed by atoms with E-state index in [0.717, 1.165) is 0 Å². The van der Waals surface area contributed by atoms with Crippen LogP contribution in [0.2, 0.25) is 5.15 Å². The minimum absolute atomic E-state index is 0.238. The number of rotatable bonds is 3. The first-order valence-electron chi connectivity index (χ1n) is 4.94. The van der Waals surface area contributed by atoms with Crippen LogP contribution in [0.1, 0.15) is 29.1 Å². The Balaban J connectivity index is 2.04. The van der Waals surface area contributed by atoms with Crippen LogP contribution in [-0.2, 0) is 0 Å². The highest BCUT2D eigenvalue weighted by molar-refractivity contribution is 6.29. The Morgan fingerprint density at radius 1 is 1.47 bits per heavy atom. The number of nitrogens with zero attached hydrogens (tertiary/aromatic N) is 3. The molecule has 0 aliphatic rings. The molecule has 2 heterocycles. The number of pyridine rings is 1. The third kappa shape index (κ3) is 2.79. The van der Waals surface area contributed by atoms with Crippen LogP contribution in [0.25, 0.3) is 0 Å². The Kier molecular flexibility index (Phi) is 3.34. The number of hydrogen-bond donors (Lipinski definition) is 2. The largest absolute Gasteiger partial charge is 0.342 e. The van der Waals surface area contributed by atoms with Crippen molar-refractivity contribution in [1.82, 2.24) is 25.5 Å². The summed E-state index contributed by atoms with van der Waals surface area (Å²) in [5.74, 6) is 0.360. The van der Waals surface area contributed by atoms with Gasteiger partial charge in [0, 0.05) is 6.20 Å². The molecule has 2 aromatic heterocycles. The molecular weight excluding hydrogens is 242 g/mol. The van der Waals surface area contributed by atoms with Crippen molar-refractivity contribution in [2.75, 3.05) is 0 Å². The van der Waals surface area contributed by atoms with Crippen LogP contribution in [0.15, 0.2) is 24.7 Å². The minimum atomic E-state index is -0.249. The summed E-state index contributed by atoms with van der Waals surface area (Å²) in [5, 5.41) is 9.52. The number of carbonyl (C=O) groups is 1. The molecule has 0 spiro atoms. The summed E-state index contributed by atoms with van der Waals surface area (Å²) in [6.45, 7) is 1.81. The van der Waals surface area contributed by atoms with E-state index < -0.39 is 0 Å². The highest BCUT2D eigenvalue weighted by atomic mass is 35.5. The molecule has 0 aliphatic heterocycles. The Morgan fingerprint density at radius 2 is 2.29 bits per heavy atom. The van der Waals surface area contributed by atoms with Gasteiger partial charge in [-0.25, -0.2) is 9.97 Å². The molecule has 88 valence electrons. The van der Waals surface area contributed by atoms with Crippen molar-refractivity contribution in [3.8, 4) is 0 Å². The lowest BCUT2D eigenvalue weighted by Gasteiger charge is -2.10. The maximum Gasteiger partial charge on any atom is 0.253 e. The van der Waals surface area contributed by atoms with Gasteiger partial charge in [-0.3, -0.25) is 9.89 Å². The van der Waals surface area contributed by atoms with E-state index in [1.807, 2.05) is 6.92 Å². The van der Waals surface area contributed by atoms with Gasteiger partial charge in [0.25, 0.3) is 5.91 Å². The number of nitrogens with one attached hydrogen (secondary N) is 2. The number of carbonyl (C=O) groups excluding carboxylic acids is 1. The summed E-state index contributed by atoms with van der Waals surface area (Å²) in [6, 6.07) is 2.92. The SMILES string of the molecule is CC(NC(=O)c1ccc(Cl)nc1)c1ncn[nH]1. The second-order valence-electron chi connectivity index (χ2n) is 3.44. The maximum absolute atomic E-state index is 11.8. The first-order valence-corrected chi connectivity index (χ1v) is 5.32. The molecular formula is C10H10ClN5O. The Bertz CT molecular complexity index is 496. The highest BCUT2D eigenvalue weighted by Gasteiger charge is 2.13. The smallest absolute Gasteiger partial charge is 0.253 e. The van der Waals surface area contributed by atoms with Crippen LogP contribution < -0.4 is 5.32 Å². The monoisotopic (exact) mass is 251 g/mol. The summed E-state index contributed by atoms with van der Waals surface area (Å²) < 4.78 is 0. The lowest BCUT2D eigenvalue weighted by Crippen LogP contribution is -2.27. The number of amides is 1. The lowest BCUT2D eigenvalue weighted by atomic mass is 10.2. The van der Waals surface area contributed by atoms with Crippen LogP contribution in [0.5, 0.6) is 0 Å². The molecule has 0 saturated heterocycles. The number of H-pyrrole nitrogens is 1. The van der Waals surface area contributed by atoms with Gasteiger partial charge in [-0.15, -0.1) is 0 Å². The normalized spacial score (nSPS) is 12.1. The lowest BCUT2D eigenvalue weighted by molar-refractivity contribution is 0.0938. The zero-order valence-electron chi connectivity index (χ0n) is 9.01. The number of aromatic amines is 1. The molecule has 2 aromatic rings. The zero-order valence-corrected chi connectivity index (χ0v) is 9.77. The quantitative estimate of drug-likeness (QED) is 0.807. The highest BCUT2D eigenvalue weighted by Crippen LogP contribution is 2.08. The van der Waals surface area contributed by atoms with Crippen molar-refractivity contribution in [2.45, 2.75) is 13.0 Å². The van der Waals surface area contributed by atoms with Crippen LogP contribution >= 0.6 is 11.6 Å². The molecule has 1 amide bonds. The van der Waals surface area contributed by atoms with Crippen molar-refractivity contribution >= 4 is 17.5 Å².